The molecule has 2 aliphatic rings. The summed E-state index contributed by atoms with van der Waals surface area (Å²) in [5.74, 6) is 1.27. The number of likely N-dealkylation sites (tertiary alicyclic amines) is 1. The molecule has 2 aliphatic heterocycles. The third-order valence-corrected chi connectivity index (χ3v) is 4.81. The highest BCUT2D eigenvalue weighted by Gasteiger charge is 2.36. The van der Waals surface area contributed by atoms with Gasteiger partial charge in [-0.3, -0.25) is 9.80 Å². The monoisotopic (exact) mass is 317 g/mol. The van der Waals surface area contributed by atoms with Crippen LogP contribution in [0.25, 0.3) is 0 Å². The van der Waals surface area contributed by atoms with E-state index in [2.05, 4.69) is 49.9 Å². The Balaban J connectivity index is 1.31. The van der Waals surface area contributed by atoms with Gasteiger partial charge in [-0.05, 0) is 19.1 Å². The Kier molecular flexibility index (Phi) is 3.92. The molecule has 0 radical (unpaired) electrons. The number of nitrogens with zero attached hydrogens (tertiary/aromatic N) is 5. The van der Waals surface area contributed by atoms with Gasteiger partial charge in [-0.25, -0.2) is 0 Å². The molecule has 2 aromatic heterocycles. The number of hydrogen-bond acceptors (Lipinski definition) is 6. The van der Waals surface area contributed by atoms with Gasteiger partial charge in [0.05, 0.1) is 6.61 Å². The minimum Gasteiger partial charge on any atom is -0.366 e. The van der Waals surface area contributed by atoms with Crippen LogP contribution in [0.1, 0.15) is 23.5 Å². The molecule has 0 spiro atoms. The van der Waals surface area contributed by atoms with Crippen LogP contribution in [0.5, 0.6) is 0 Å². The molecule has 23 heavy (non-hydrogen) atoms. The maximum Gasteiger partial charge on any atom is 0.257 e. The zero-order valence-electron chi connectivity index (χ0n) is 13.7. The standard InChI is InChI=1S/C16H23N5O2/c1-12-17-16(23-18-12)15-11-21(6-7-22-15)14-9-20(10-14)8-13-4-3-5-19(13)2/h3-5,14-15H,6-11H2,1-2H3. The van der Waals surface area contributed by atoms with Gasteiger partial charge in [0.2, 0.25) is 0 Å². The number of aryl methyl sites for hydroxylation is 2. The van der Waals surface area contributed by atoms with Crippen LogP contribution in [0.15, 0.2) is 22.9 Å². The fourth-order valence-corrected chi connectivity index (χ4v) is 3.39. The summed E-state index contributed by atoms with van der Waals surface area (Å²) in [4.78, 5) is 9.29. The molecular weight excluding hydrogens is 294 g/mol. The first-order chi connectivity index (χ1) is 11.2. The van der Waals surface area contributed by atoms with Gasteiger partial charge in [0.25, 0.3) is 5.89 Å². The van der Waals surface area contributed by atoms with E-state index in [1.54, 1.807) is 0 Å². The second-order valence-electron chi connectivity index (χ2n) is 6.49. The number of hydrogen-bond donors (Lipinski definition) is 0. The van der Waals surface area contributed by atoms with Gasteiger partial charge in [-0.2, -0.15) is 4.98 Å². The summed E-state index contributed by atoms with van der Waals surface area (Å²) >= 11 is 0. The molecule has 0 saturated carbocycles. The largest absolute Gasteiger partial charge is 0.366 e. The van der Waals surface area contributed by atoms with Gasteiger partial charge in [0, 0.05) is 57.7 Å². The SMILES string of the molecule is Cc1noc(C2CN(C3CN(Cc4cccn4C)C3)CCO2)n1. The fourth-order valence-electron chi connectivity index (χ4n) is 3.39. The molecule has 2 fully saturated rings. The van der Waals surface area contributed by atoms with Crippen molar-refractivity contribution in [1.29, 1.82) is 0 Å². The van der Waals surface area contributed by atoms with Crippen molar-refractivity contribution in [2.75, 3.05) is 32.8 Å². The molecule has 0 aliphatic carbocycles. The number of ether oxygens (including phenoxy) is 1. The van der Waals surface area contributed by atoms with Crippen molar-refractivity contribution < 1.29 is 9.26 Å². The summed E-state index contributed by atoms with van der Waals surface area (Å²) in [6.07, 6.45) is 2.01. The van der Waals surface area contributed by atoms with E-state index in [9.17, 15) is 0 Å². The Morgan fingerprint density at radius 1 is 1.30 bits per heavy atom. The first-order valence-corrected chi connectivity index (χ1v) is 8.17. The second-order valence-corrected chi connectivity index (χ2v) is 6.49. The molecule has 4 rings (SSSR count). The van der Waals surface area contributed by atoms with Crippen LogP contribution < -0.4 is 0 Å². The molecule has 0 amide bonds. The summed E-state index contributed by atoms with van der Waals surface area (Å²) in [6.45, 7) is 7.62. The molecule has 7 heteroatoms. The molecule has 0 N–H and O–H groups in total. The molecular formula is C16H23N5O2. The molecule has 2 aromatic rings. The van der Waals surface area contributed by atoms with Crippen molar-refractivity contribution in [2.24, 2.45) is 7.05 Å². The van der Waals surface area contributed by atoms with E-state index in [0.29, 0.717) is 17.8 Å². The van der Waals surface area contributed by atoms with Crippen molar-refractivity contribution in [1.82, 2.24) is 24.5 Å². The molecule has 124 valence electrons. The molecule has 0 bridgehead atoms. The van der Waals surface area contributed by atoms with Crippen molar-refractivity contribution in [3.63, 3.8) is 0 Å². The summed E-state index contributed by atoms with van der Waals surface area (Å²) < 4.78 is 13.3. The van der Waals surface area contributed by atoms with E-state index >= 15 is 0 Å². The summed E-state index contributed by atoms with van der Waals surface area (Å²) in [5, 5.41) is 3.86. The first-order valence-electron chi connectivity index (χ1n) is 8.17. The van der Waals surface area contributed by atoms with E-state index in [0.717, 1.165) is 39.3 Å². The smallest absolute Gasteiger partial charge is 0.257 e. The third-order valence-electron chi connectivity index (χ3n) is 4.81. The molecule has 0 aromatic carbocycles. The Morgan fingerprint density at radius 2 is 2.17 bits per heavy atom. The zero-order valence-corrected chi connectivity index (χ0v) is 13.7. The van der Waals surface area contributed by atoms with Crippen molar-refractivity contribution in [2.45, 2.75) is 25.6 Å². The van der Waals surface area contributed by atoms with Crippen LogP contribution in [-0.4, -0.2) is 63.3 Å². The Labute approximate surface area is 135 Å². The van der Waals surface area contributed by atoms with Crippen LogP contribution >= 0.6 is 0 Å². The normalized spacial score (nSPS) is 24.0. The molecule has 1 atom stereocenters. The van der Waals surface area contributed by atoms with Crippen molar-refractivity contribution >= 4 is 0 Å². The summed E-state index contributed by atoms with van der Waals surface area (Å²) in [6, 6.07) is 4.90. The van der Waals surface area contributed by atoms with E-state index < -0.39 is 0 Å². The maximum atomic E-state index is 5.80. The Hall–Kier alpha value is -1.70. The van der Waals surface area contributed by atoms with Gasteiger partial charge in [-0.1, -0.05) is 5.16 Å². The highest BCUT2D eigenvalue weighted by molar-refractivity contribution is 5.07. The predicted molar refractivity (Wildman–Crippen MR) is 83.8 cm³/mol. The highest BCUT2D eigenvalue weighted by atomic mass is 16.5. The van der Waals surface area contributed by atoms with Crippen LogP contribution in [0.3, 0.4) is 0 Å². The third kappa shape index (κ3) is 3.04. The van der Waals surface area contributed by atoms with E-state index in [-0.39, 0.29) is 6.10 Å². The van der Waals surface area contributed by atoms with Gasteiger partial charge in [-0.15, -0.1) is 0 Å². The predicted octanol–water partition coefficient (Wildman–Crippen LogP) is 0.974. The summed E-state index contributed by atoms with van der Waals surface area (Å²) in [5.41, 5.74) is 1.37. The molecule has 4 heterocycles. The molecule has 2 saturated heterocycles. The highest BCUT2D eigenvalue weighted by Crippen LogP contribution is 2.25. The van der Waals surface area contributed by atoms with E-state index in [1.807, 2.05) is 6.92 Å². The molecule has 1 unspecified atom stereocenters. The lowest BCUT2D eigenvalue weighted by atomic mass is 10.1. The lowest BCUT2D eigenvalue weighted by molar-refractivity contribution is -0.0845. The quantitative estimate of drug-likeness (QED) is 0.838. The average Bonchev–Trinajstić information content (AvgIpc) is 3.11. The van der Waals surface area contributed by atoms with Crippen LogP contribution in [0.4, 0.5) is 0 Å². The topological polar surface area (TPSA) is 59.6 Å². The van der Waals surface area contributed by atoms with Crippen LogP contribution in [0, 0.1) is 6.92 Å². The van der Waals surface area contributed by atoms with E-state index in [1.165, 1.54) is 5.69 Å². The van der Waals surface area contributed by atoms with Gasteiger partial charge in [0.15, 0.2) is 5.82 Å². The van der Waals surface area contributed by atoms with Crippen molar-refractivity contribution in [3.05, 3.63) is 35.7 Å². The second kappa shape index (κ2) is 6.07. The average molecular weight is 317 g/mol. The lowest BCUT2D eigenvalue weighted by Crippen LogP contribution is -2.61. The van der Waals surface area contributed by atoms with E-state index in [4.69, 9.17) is 9.26 Å². The number of morpholine rings is 1. The van der Waals surface area contributed by atoms with Crippen LogP contribution in [-0.2, 0) is 18.3 Å². The first kappa shape index (κ1) is 14.9. The Bertz CT molecular complexity index is 661. The number of aromatic nitrogens is 3. The molecule has 7 nitrogen and oxygen atoms in total. The van der Waals surface area contributed by atoms with Crippen molar-refractivity contribution in [3.8, 4) is 0 Å². The minimum atomic E-state index is -0.0909. The van der Waals surface area contributed by atoms with Crippen LogP contribution in [0.2, 0.25) is 0 Å². The summed E-state index contributed by atoms with van der Waals surface area (Å²) in [7, 11) is 2.10. The fraction of sp³-hybridized carbons (Fsp3) is 0.625. The van der Waals surface area contributed by atoms with Gasteiger partial charge in [0.1, 0.15) is 6.10 Å². The van der Waals surface area contributed by atoms with Gasteiger partial charge >= 0.3 is 0 Å². The Morgan fingerprint density at radius 3 is 2.87 bits per heavy atom. The minimum absolute atomic E-state index is 0.0909. The number of rotatable bonds is 4. The van der Waals surface area contributed by atoms with Gasteiger partial charge < -0.3 is 13.8 Å². The zero-order chi connectivity index (χ0) is 15.8. The maximum absolute atomic E-state index is 5.80. The lowest BCUT2D eigenvalue weighted by Gasteiger charge is -2.47.